The van der Waals surface area contributed by atoms with Crippen molar-refractivity contribution in [3.05, 3.63) is 23.8 Å². The molecule has 21 heavy (non-hydrogen) atoms. The zero-order valence-corrected chi connectivity index (χ0v) is 12.1. The molecule has 116 valence electrons. The number of primary amides is 1. The van der Waals surface area contributed by atoms with Crippen LogP contribution in [-0.4, -0.2) is 25.5 Å². The van der Waals surface area contributed by atoms with E-state index in [1.165, 1.54) is 7.11 Å². The van der Waals surface area contributed by atoms with E-state index >= 15 is 0 Å². The SMILES string of the molecule is COc1cc(C(N)=O)ccc1OCCCCCC(=O)NN. The minimum atomic E-state index is -0.516. The maximum absolute atomic E-state index is 11.1. The fourth-order valence-electron chi connectivity index (χ4n) is 1.76. The average Bonchev–Trinajstić information content (AvgIpc) is 2.50. The molecule has 0 aliphatic carbocycles. The summed E-state index contributed by atoms with van der Waals surface area (Å²) in [5.74, 6) is 5.32. The molecule has 0 aliphatic heterocycles. The molecule has 0 radical (unpaired) electrons. The molecule has 7 heteroatoms. The van der Waals surface area contributed by atoms with Crippen molar-refractivity contribution in [1.29, 1.82) is 0 Å². The summed E-state index contributed by atoms with van der Waals surface area (Å²) in [6, 6.07) is 4.79. The number of nitrogens with two attached hydrogens (primary N) is 2. The Bertz CT molecular complexity index is 491. The van der Waals surface area contributed by atoms with Crippen molar-refractivity contribution in [3.8, 4) is 11.5 Å². The molecule has 0 aromatic heterocycles. The fraction of sp³-hybridized carbons (Fsp3) is 0.429. The lowest BCUT2D eigenvalue weighted by atomic mass is 10.2. The molecule has 0 spiro atoms. The fourth-order valence-corrected chi connectivity index (χ4v) is 1.76. The molecule has 7 nitrogen and oxygen atoms in total. The van der Waals surface area contributed by atoms with Gasteiger partial charge in [0.15, 0.2) is 11.5 Å². The summed E-state index contributed by atoms with van der Waals surface area (Å²) >= 11 is 0. The Kier molecular flexibility index (Phi) is 7.03. The lowest BCUT2D eigenvalue weighted by Crippen LogP contribution is -2.29. The van der Waals surface area contributed by atoms with Crippen LogP contribution in [0, 0.1) is 0 Å². The molecule has 2 amide bonds. The molecule has 0 unspecified atom stereocenters. The Morgan fingerprint density at radius 1 is 1.19 bits per heavy atom. The number of carbonyl (C=O) groups is 2. The van der Waals surface area contributed by atoms with Crippen LogP contribution in [-0.2, 0) is 4.79 Å². The topological polar surface area (TPSA) is 117 Å². The Morgan fingerprint density at radius 2 is 1.95 bits per heavy atom. The van der Waals surface area contributed by atoms with E-state index in [0.29, 0.717) is 30.1 Å². The van der Waals surface area contributed by atoms with Gasteiger partial charge in [-0.3, -0.25) is 15.0 Å². The van der Waals surface area contributed by atoms with E-state index in [9.17, 15) is 9.59 Å². The van der Waals surface area contributed by atoms with E-state index in [-0.39, 0.29) is 5.91 Å². The third-order valence-electron chi connectivity index (χ3n) is 2.91. The highest BCUT2D eigenvalue weighted by molar-refractivity contribution is 5.93. The van der Waals surface area contributed by atoms with Gasteiger partial charge in [-0.25, -0.2) is 5.84 Å². The van der Waals surface area contributed by atoms with Crippen LogP contribution in [0.2, 0.25) is 0 Å². The van der Waals surface area contributed by atoms with Gasteiger partial charge < -0.3 is 15.2 Å². The predicted molar refractivity (Wildman–Crippen MR) is 77.8 cm³/mol. The smallest absolute Gasteiger partial charge is 0.248 e. The molecule has 1 aromatic rings. The maximum atomic E-state index is 11.1. The number of benzene rings is 1. The van der Waals surface area contributed by atoms with Crippen LogP contribution in [0.4, 0.5) is 0 Å². The highest BCUT2D eigenvalue weighted by atomic mass is 16.5. The largest absolute Gasteiger partial charge is 0.493 e. The summed E-state index contributed by atoms with van der Waals surface area (Å²) in [5.41, 5.74) is 7.66. The lowest BCUT2D eigenvalue weighted by molar-refractivity contribution is -0.121. The van der Waals surface area contributed by atoms with E-state index in [1.54, 1.807) is 18.2 Å². The normalized spacial score (nSPS) is 10.0. The third-order valence-corrected chi connectivity index (χ3v) is 2.91. The van der Waals surface area contributed by atoms with Crippen LogP contribution in [0.5, 0.6) is 11.5 Å². The molecular weight excluding hydrogens is 274 g/mol. The monoisotopic (exact) mass is 295 g/mol. The summed E-state index contributed by atoms with van der Waals surface area (Å²) in [5, 5.41) is 0. The summed E-state index contributed by atoms with van der Waals surface area (Å²) in [4.78, 5) is 22.0. The molecule has 0 fully saturated rings. The number of carbonyl (C=O) groups excluding carboxylic acids is 2. The number of nitrogens with one attached hydrogen (secondary N) is 1. The van der Waals surface area contributed by atoms with Gasteiger partial charge in [-0.05, 0) is 37.5 Å². The van der Waals surface area contributed by atoms with E-state index in [1.807, 2.05) is 0 Å². The molecule has 1 rings (SSSR count). The van der Waals surface area contributed by atoms with Crippen LogP contribution < -0.4 is 26.5 Å². The van der Waals surface area contributed by atoms with Gasteiger partial charge in [0.1, 0.15) is 0 Å². The quantitative estimate of drug-likeness (QED) is 0.269. The molecule has 0 atom stereocenters. The van der Waals surface area contributed by atoms with Gasteiger partial charge in [-0.2, -0.15) is 0 Å². The van der Waals surface area contributed by atoms with Crippen molar-refractivity contribution in [2.45, 2.75) is 25.7 Å². The zero-order valence-electron chi connectivity index (χ0n) is 12.1. The number of hydrogen-bond acceptors (Lipinski definition) is 5. The number of hydrazine groups is 1. The van der Waals surface area contributed by atoms with Crippen molar-refractivity contribution >= 4 is 11.8 Å². The molecule has 0 aliphatic rings. The Hall–Kier alpha value is -2.28. The van der Waals surface area contributed by atoms with Crippen molar-refractivity contribution in [2.75, 3.05) is 13.7 Å². The first kappa shape index (κ1) is 16.8. The number of unbranched alkanes of at least 4 members (excludes halogenated alkanes) is 2. The molecule has 5 N–H and O–H groups in total. The van der Waals surface area contributed by atoms with Crippen molar-refractivity contribution < 1.29 is 19.1 Å². The summed E-state index contributed by atoms with van der Waals surface area (Å²) in [6.07, 6.45) is 2.82. The Balaban J connectivity index is 2.38. The standard InChI is InChI=1S/C14H21N3O4/c1-20-12-9-10(14(15)19)6-7-11(12)21-8-4-2-3-5-13(18)17-16/h6-7,9H,2-5,8,16H2,1H3,(H2,15,19)(H,17,18). The highest BCUT2D eigenvalue weighted by Gasteiger charge is 2.08. The molecule has 0 saturated carbocycles. The highest BCUT2D eigenvalue weighted by Crippen LogP contribution is 2.28. The van der Waals surface area contributed by atoms with Crippen LogP contribution in [0.25, 0.3) is 0 Å². The van der Waals surface area contributed by atoms with Gasteiger partial charge in [-0.1, -0.05) is 0 Å². The minimum Gasteiger partial charge on any atom is -0.493 e. The van der Waals surface area contributed by atoms with Gasteiger partial charge in [-0.15, -0.1) is 0 Å². The number of hydrogen-bond donors (Lipinski definition) is 3. The predicted octanol–water partition coefficient (Wildman–Crippen LogP) is 0.723. The Labute approximate surface area is 123 Å². The van der Waals surface area contributed by atoms with Crippen LogP contribution in [0.1, 0.15) is 36.0 Å². The molecule has 0 bridgehead atoms. The zero-order chi connectivity index (χ0) is 15.7. The number of methoxy groups -OCH3 is 1. The molecule has 1 aromatic carbocycles. The van der Waals surface area contributed by atoms with Crippen LogP contribution >= 0.6 is 0 Å². The lowest BCUT2D eigenvalue weighted by Gasteiger charge is -2.11. The first-order valence-corrected chi connectivity index (χ1v) is 6.68. The van der Waals surface area contributed by atoms with E-state index in [4.69, 9.17) is 21.1 Å². The second kappa shape index (κ2) is 8.80. The van der Waals surface area contributed by atoms with Gasteiger partial charge in [0, 0.05) is 12.0 Å². The van der Waals surface area contributed by atoms with Crippen molar-refractivity contribution in [1.82, 2.24) is 5.43 Å². The van der Waals surface area contributed by atoms with Crippen LogP contribution in [0.15, 0.2) is 18.2 Å². The molecular formula is C14H21N3O4. The van der Waals surface area contributed by atoms with Gasteiger partial charge >= 0.3 is 0 Å². The van der Waals surface area contributed by atoms with Crippen molar-refractivity contribution in [3.63, 3.8) is 0 Å². The summed E-state index contributed by atoms with van der Waals surface area (Å²) < 4.78 is 10.8. The van der Waals surface area contributed by atoms with E-state index in [0.717, 1.165) is 19.3 Å². The van der Waals surface area contributed by atoms with Gasteiger partial charge in [0.25, 0.3) is 0 Å². The van der Waals surface area contributed by atoms with E-state index < -0.39 is 5.91 Å². The van der Waals surface area contributed by atoms with Gasteiger partial charge in [0.05, 0.1) is 13.7 Å². The number of rotatable bonds is 9. The molecule has 0 saturated heterocycles. The summed E-state index contributed by atoms with van der Waals surface area (Å²) in [7, 11) is 1.50. The number of ether oxygens (including phenoxy) is 2. The summed E-state index contributed by atoms with van der Waals surface area (Å²) in [6.45, 7) is 0.497. The third kappa shape index (κ3) is 5.70. The second-order valence-corrected chi connectivity index (χ2v) is 4.46. The Morgan fingerprint density at radius 3 is 2.57 bits per heavy atom. The van der Waals surface area contributed by atoms with Crippen molar-refractivity contribution in [2.24, 2.45) is 11.6 Å². The minimum absolute atomic E-state index is 0.167. The van der Waals surface area contributed by atoms with Crippen LogP contribution in [0.3, 0.4) is 0 Å². The maximum Gasteiger partial charge on any atom is 0.248 e. The second-order valence-electron chi connectivity index (χ2n) is 4.46. The van der Waals surface area contributed by atoms with Gasteiger partial charge in [0.2, 0.25) is 11.8 Å². The number of amides is 2. The first-order chi connectivity index (χ1) is 10.1. The van der Waals surface area contributed by atoms with E-state index in [2.05, 4.69) is 5.43 Å². The first-order valence-electron chi connectivity index (χ1n) is 6.68. The average molecular weight is 295 g/mol. The molecule has 0 heterocycles.